The molecule has 0 radical (unpaired) electrons. The minimum atomic E-state index is -0.670. The zero-order valence-electron chi connectivity index (χ0n) is 11.0. The Morgan fingerprint density at radius 1 is 1.50 bits per heavy atom. The van der Waals surface area contributed by atoms with Gasteiger partial charge in [0.2, 0.25) is 0 Å². The van der Waals surface area contributed by atoms with Crippen molar-refractivity contribution in [2.75, 3.05) is 13.6 Å². The average Bonchev–Trinajstić information content (AvgIpc) is 2.28. The number of nitriles is 1. The molecule has 98 valence electrons. The van der Waals surface area contributed by atoms with Crippen molar-refractivity contribution in [1.29, 1.82) is 5.26 Å². The van der Waals surface area contributed by atoms with E-state index >= 15 is 0 Å². The van der Waals surface area contributed by atoms with Crippen LogP contribution < -0.4 is 0 Å². The van der Waals surface area contributed by atoms with Gasteiger partial charge >= 0.3 is 0 Å². The van der Waals surface area contributed by atoms with Gasteiger partial charge < -0.3 is 5.11 Å². The first-order valence-electron chi connectivity index (χ1n) is 5.97. The molecule has 2 unspecified atom stereocenters. The minimum Gasteiger partial charge on any atom is -0.387 e. The molecule has 1 aromatic rings. The summed E-state index contributed by atoms with van der Waals surface area (Å²) in [4.78, 5) is 1.93. The summed E-state index contributed by atoms with van der Waals surface area (Å²) in [6, 6.07) is 6.57. The molecular formula is C14H19FN2O. The van der Waals surface area contributed by atoms with Gasteiger partial charge in [0.25, 0.3) is 0 Å². The van der Waals surface area contributed by atoms with Crippen LogP contribution in [0.25, 0.3) is 0 Å². The largest absolute Gasteiger partial charge is 0.387 e. The summed E-state index contributed by atoms with van der Waals surface area (Å²) >= 11 is 0. The SMILES string of the molecule is Cc1cc(F)ccc1C(O)CN(C)C(C)CC#N. The first-order chi connectivity index (χ1) is 8.45. The van der Waals surface area contributed by atoms with E-state index in [1.165, 1.54) is 12.1 Å². The zero-order valence-corrected chi connectivity index (χ0v) is 11.0. The third kappa shape index (κ3) is 3.80. The van der Waals surface area contributed by atoms with Gasteiger partial charge in [0.1, 0.15) is 5.82 Å². The highest BCUT2D eigenvalue weighted by Crippen LogP contribution is 2.20. The van der Waals surface area contributed by atoms with Gasteiger partial charge in [0, 0.05) is 12.6 Å². The summed E-state index contributed by atoms with van der Waals surface area (Å²) in [6.07, 6.45) is -0.247. The van der Waals surface area contributed by atoms with E-state index in [-0.39, 0.29) is 11.9 Å². The summed E-state index contributed by atoms with van der Waals surface area (Å²) in [5.41, 5.74) is 1.47. The van der Waals surface area contributed by atoms with Crippen LogP contribution in [0.4, 0.5) is 4.39 Å². The van der Waals surface area contributed by atoms with Crippen molar-refractivity contribution >= 4 is 0 Å². The topological polar surface area (TPSA) is 47.3 Å². The predicted molar refractivity (Wildman–Crippen MR) is 68.4 cm³/mol. The molecule has 0 amide bonds. The maximum absolute atomic E-state index is 13.0. The van der Waals surface area contributed by atoms with Crippen molar-refractivity contribution in [2.45, 2.75) is 32.4 Å². The van der Waals surface area contributed by atoms with E-state index in [9.17, 15) is 9.50 Å². The summed E-state index contributed by atoms with van der Waals surface area (Å²) in [6.45, 7) is 4.14. The highest BCUT2D eigenvalue weighted by Gasteiger charge is 2.16. The van der Waals surface area contributed by atoms with Gasteiger partial charge in [-0.15, -0.1) is 0 Å². The van der Waals surface area contributed by atoms with Crippen LogP contribution in [0.2, 0.25) is 0 Å². The molecule has 0 aliphatic carbocycles. The van der Waals surface area contributed by atoms with Gasteiger partial charge in [-0.05, 0) is 44.2 Å². The van der Waals surface area contributed by atoms with Crippen molar-refractivity contribution in [1.82, 2.24) is 4.90 Å². The Morgan fingerprint density at radius 3 is 2.72 bits per heavy atom. The second-order valence-corrected chi connectivity index (χ2v) is 4.67. The van der Waals surface area contributed by atoms with Crippen LogP contribution in [0.1, 0.15) is 30.6 Å². The minimum absolute atomic E-state index is 0.0883. The molecule has 3 nitrogen and oxygen atoms in total. The number of benzene rings is 1. The molecule has 0 bridgehead atoms. The monoisotopic (exact) mass is 250 g/mol. The molecule has 0 aliphatic rings. The number of hydrogen-bond donors (Lipinski definition) is 1. The Hall–Kier alpha value is -1.44. The molecule has 0 spiro atoms. The molecule has 1 N–H and O–H groups in total. The summed E-state index contributed by atoms with van der Waals surface area (Å²) in [5, 5.41) is 18.8. The van der Waals surface area contributed by atoms with E-state index in [2.05, 4.69) is 6.07 Å². The Labute approximate surface area is 107 Å². The highest BCUT2D eigenvalue weighted by molar-refractivity contribution is 5.28. The molecule has 18 heavy (non-hydrogen) atoms. The highest BCUT2D eigenvalue weighted by atomic mass is 19.1. The Balaban J connectivity index is 2.70. The molecule has 0 heterocycles. The van der Waals surface area contributed by atoms with Crippen molar-refractivity contribution < 1.29 is 9.50 Å². The van der Waals surface area contributed by atoms with Gasteiger partial charge in [-0.1, -0.05) is 6.07 Å². The number of halogens is 1. The number of aryl methyl sites for hydroxylation is 1. The second-order valence-electron chi connectivity index (χ2n) is 4.67. The third-order valence-corrected chi connectivity index (χ3v) is 3.19. The summed E-state index contributed by atoms with van der Waals surface area (Å²) in [5.74, 6) is -0.297. The lowest BCUT2D eigenvalue weighted by molar-refractivity contribution is 0.109. The number of nitrogens with zero attached hydrogens (tertiary/aromatic N) is 2. The fourth-order valence-corrected chi connectivity index (χ4v) is 1.85. The molecule has 4 heteroatoms. The summed E-state index contributed by atoms with van der Waals surface area (Å²) < 4.78 is 13.0. The van der Waals surface area contributed by atoms with Crippen LogP contribution in [-0.4, -0.2) is 29.6 Å². The molecule has 0 fully saturated rings. The Kier molecular flexibility index (Phi) is 5.26. The molecule has 1 aromatic carbocycles. The lowest BCUT2D eigenvalue weighted by Gasteiger charge is -2.26. The molecule has 0 aromatic heterocycles. The van der Waals surface area contributed by atoms with Gasteiger partial charge in [0.15, 0.2) is 0 Å². The number of likely N-dealkylation sites (N-methyl/N-ethyl adjacent to an activating group) is 1. The van der Waals surface area contributed by atoms with Crippen molar-refractivity contribution in [3.8, 4) is 6.07 Å². The number of aliphatic hydroxyl groups is 1. The van der Waals surface area contributed by atoms with E-state index in [1.807, 2.05) is 18.9 Å². The average molecular weight is 250 g/mol. The number of rotatable bonds is 5. The van der Waals surface area contributed by atoms with Crippen molar-refractivity contribution in [3.63, 3.8) is 0 Å². The Bertz CT molecular complexity index is 442. The van der Waals surface area contributed by atoms with E-state index in [0.717, 1.165) is 11.1 Å². The van der Waals surface area contributed by atoms with Crippen LogP contribution in [0.3, 0.4) is 0 Å². The molecule has 1 rings (SSSR count). The van der Waals surface area contributed by atoms with E-state index in [1.54, 1.807) is 13.0 Å². The van der Waals surface area contributed by atoms with Gasteiger partial charge in [0.05, 0.1) is 18.6 Å². The molecule has 0 aliphatic heterocycles. The smallest absolute Gasteiger partial charge is 0.123 e. The molecule has 0 saturated carbocycles. The maximum atomic E-state index is 13.0. The zero-order chi connectivity index (χ0) is 13.7. The lowest BCUT2D eigenvalue weighted by atomic mass is 10.0. The summed E-state index contributed by atoms with van der Waals surface area (Å²) in [7, 11) is 1.87. The van der Waals surface area contributed by atoms with Crippen molar-refractivity contribution in [2.24, 2.45) is 0 Å². The first kappa shape index (κ1) is 14.6. The van der Waals surface area contributed by atoms with Gasteiger partial charge in [-0.3, -0.25) is 4.90 Å². The second kappa shape index (κ2) is 6.48. The molecule has 2 atom stereocenters. The first-order valence-corrected chi connectivity index (χ1v) is 5.97. The number of hydrogen-bond acceptors (Lipinski definition) is 3. The van der Waals surface area contributed by atoms with Gasteiger partial charge in [-0.25, -0.2) is 4.39 Å². The van der Waals surface area contributed by atoms with Crippen LogP contribution in [0, 0.1) is 24.1 Å². The lowest BCUT2D eigenvalue weighted by Crippen LogP contribution is -2.32. The van der Waals surface area contributed by atoms with E-state index < -0.39 is 6.10 Å². The van der Waals surface area contributed by atoms with Crippen LogP contribution in [0.15, 0.2) is 18.2 Å². The normalized spacial score (nSPS) is 14.3. The van der Waals surface area contributed by atoms with Crippen LogP contribution >= 0.6 is 0 Å². The fourth-order valence-electron chi connectivity index (χ4n) is 1.85. The quantitative estimate of drug-likeness (QED) is 0.873. The van der Waals surface area contributed by atoms with E-state index in [0.29, 0.717) is 13.0 Å². The number of aliphatic hydroxyl groups excluding tert-OH is 1. The van der Waals surface area contributed by atoms with Crippen molar-refractivity contribution in [3.05, 3.63) is 35.1 Å². The van der Waals surface area contributed by atoms with Crippen LogP contribution in [-0.2, 0) is 0 Å². The fraction of sp³-hybridized carbons (Fsp3) is 0.500. The standard InChI is InChI=1S/C14H19FN2O/c1-10-8-12(15)4-5-13(10)14(18)9-17(3)11(2)6-7-16/h4-5,8,11,14,18H,6,9H2,1-3H3. The molecular weight excluding hydrogens is 231 g/mol. The maximum Gasteiger partial charge on any atom is 0.123 e. The predicted octanol–water partition coefficient (Wildman–Crippen LogP) is 2.40. The Morgan fingerprint density at radius 2 is 2.17 bits per heavy atom. The molecule has 0 saturated heterocycles. The van der Waals surface area contributed by atoms with Gasteiger partial charge in [-0.2, -0.15) is 5.26 Å². The third-order valence-electron chi connectivity index (χ3n) is 3.19. The van der Waals surface area contributed by atoms with Crippen LogP contribution in [0.5, 0.6) is 0 Å². The van der Waals surface area contributed by atoms with E-state index in [4.69, 9.17) is 5.26 Å².